The molecule has 0 bridgehead atoms. The SMILES string of the molecule is CC1CNCC1C(=O)Nc1c(Cl)cc(Cl)cc1Cl. The van der Waals surface area contributed by atoms with Crippen molar-refractivity contribution in [3.63, 3.8) is 0 Å². The van der Waals surface area contributed by atoms with Gasteiger partial charge in [-0.3, -0.25) is 4.79 Å². The van der Waals surface area contributed by atoms with Gasteiger partial charge < -0.3 is 10.6 Å². The minimum Gasteiger partial charge on any atom is -0.323 e. The van der Waals surface area contributed by atoms with Gasteiger partial charge in [0, 0.05) is 11.6 Å². The Hall–Kier alpha value is -0.480. The van der Waals surface area contributed by atoms with Gasteiger partial charge in [0.15, 0.2) is 0 Å². The van der Waals surface area contributed by atoms with Crippen molar-refractivity contribution < 1.29 is 4.79 Å². The van der Waals surface area contributed by atoms with Crippen molar-refractivity contribution in [2.24, 2.45) is 11.8 Å². The second-order valence-corrected chi connectivity index (χ2v) is 5.73. The fourth-order valence-electron chi connectivity index (χ4n) is 2.04. The Balaban J connectivity index is 2.17. The van der Waals surface area contributed by atoms with Crippen LogP contribution in [0.25, 0.3) is 0 Å². The third-order valence-corrected chi connectivity index (χ3v) is 3.92. The van der Waals surface area contributed by atoms with Crippen LogP contribution in [0, 0.1) is 11.8 Å². The number of carbonyl (C=O) groups excluding carboxylic acids is 1. The Morgan fingerprint density at radius 3 is 2.39 bits per heavy atom. The Bertz CT molecular complexity index is 455. The van der Waals surface area contributed by atoms with Gasteiger partial charge >= 0.3 is 0 Å². The van der Waals surface area contributed by atoms with Crippen molar-refractivity contribution in [2.75, 3.05) is 18.4 Å². The molecule has 1 aromatic rings. The first-order chi connectivity index (χ1) is 8.49. The van der Waals surface area contributed by atoms with E-state index in [0.717, 1.165) is 6.54 Å². The Morgan fingerprint density at radius 2 is 1.89 bits per heavy atom. The van der Waals surface area contributed by atoms with E-state index in [1.54, 1.807) is 12.1 Å². The van der Waals surface area contributed by atoms with Gasteiger partial charge in [-0.2, -0.15) is 0 Å². The van der Waals surface area contributed by atoms with Gasteiger partial charge in [-0.25, -0.2) is 0 Å². The quantitative estimate of drug-likeness (QED) is 0.879. The van der Waals surface area contributed by atoms with Crippen molar-refractivity contribution in [1.82, 2.24) is 5.32 Å². The smallest absolute Gasteiger partial charge is 0.229 e. The van der Waals surface area contributed by atoms with E-state index in [1.165, 1.54) is 0 Å². The maximum absolute atomic E-state index is 12.1. The van der Waals surface area contributed by atoms with Crippen LogP contribution in [0.15, 0.2) is 12.1 Å². The van der Waals surface area contributed by atoms with E-state index in [0.29, 0.717) is 33.2 Å². The molecule has 98 valence electrons. The minimum atomic E-state index is -0.0707. The number of anilines is 1. The molecule has 1 aromatic carbocycles. The molecule has 1 aliphatic rings. The van der Waals surface area contributed by atoms with Gasteiger partial charge in [-0.15, -0.1) is 0 Å². The first-order valence-corrected chi connectivity index (χ1v) is 6.78. The summed E-state index contributed by atoms with van der Waals surface area (Å²) in [6.07, 6.45) is 0. The van der Waals surface area contributed by atoms with Gasteiger partial charge in [0.25, 0.3) is 0 Å². The van der Waals surface area contributed by atoms with E-state index in [2.05, 4.69) is 10.6 Å². The number of carbonyl (C=O) groups is 1. The van der Waals surface area contributed by atoms with Gasteiger partial charge in [0.1, 0.15) is 0 Å². The third-order valence-electron chi connectivity index (χ3n) is 3.11. The highest BCUT2D eigenvalue weighted by atomic mass is 35.5. The average Bonchev–Trinajstić information content (AvgIpc) is 2.69. The van der Waals surface area contributed by atoms with Gasteiger partial charge in [-0.05, 0) is 24.6 Å². The predicted molar refractivity (Wildman–Crippen MR) is 75.6 cm³/mol. The van der Waals surface area contributed by atoms with E-state index in [4.69, 9.17) is 34.8 Å². The molecule has 0 spiro atoms. The van der Waals surface area contributed by atoms with E-state index < -0.39 is 0 Å². The molecule has 0 aromatic heterocycles. The largest absolute Gasteiger partial charge is 0.323 e. The van der Waals surface area contributed by atoms with Crippen molar-refractivity contribution in [1.29, 1.82) is 0 Å². The Morgan fingerprint density at radius 1 is 1.28 bits per heavy atom. The molecule has 0 aliphatic carbocycles. The zero-order valence-electron chi connectivity index (χ0n) is 9.77. The molecular weight excluding hydrogens is 295 g/mol. The highest BCUT2D eigenvalue weighted by Gasteiger charge is 2.30. The summed E-state index contributed by atoms with van der Waals surface area (Å²) in [5.41, 5.74) is 0.423. The standard InChI is InChI=1S/C12H13Cl3N2O/c1-6-4-16-5-8(6)12(18)17-11-9(14)2-7(13)3-10(11)15/h2-3,6,8,16H,4-5H2,1H3,(H,17,18). The second-order valence-electron chi connectivity index (χ2n) is 4.48. The van der Waals surface area contributed by atoms with E-state index in [9.17, 15) is 4.79 Å². The van der Waals surface area contributed by atoms with Crippen LogP contribution in [0.2, 0.25) is 15.1 Å². The lowest BCUT2D eigenvalue weighted by atomic mass is 9.97. The molecule has 2 atom stereocenters. The number of halogens is 3. The summed E-state index contributed by atoms with van der Waals surface area (Å²) < 4.78 is 0. The summed E-state index contributed by atoms with van der Waals surface area (Å²) in [7, 11) is 0. The zero-order valence-corrected chi connectivity index (χ0v) is 12.0. The van der Waals surface area contributed by atoms with Crippen LogP contribution in [-0.2, 0) is 4.79 Å². The Labute approximate surface area is 121 Å². The van der Waals surface area contributed by atoms with Crippen molar-refractivity contribution in [3.8, 4) is 0 Å². The number of hydrogen-bond donors (Lipinski definition) is 2. The van der Waals surface area contributed by atoms with Gasteiger partial charge in [0.2, 0.25) is 5.91 Å². The molecule has 1 aliphatic heterocycles. The predicted octanol–water partition coefficient (Wildman–Crippen LogP) is 3.44. The monoisotopic (exact) mass is 306 g/mol. The summed E-state index contributed by atoms with van der Waals surface area (Å²) in [5, 5.41) is 7.09. The summed E-state index contributed by atoms with van der Waals surface area (Å²) in [6.45, 7) is 3.56. The van der Waals surface area contributed by atoms with Crippen LogP contribution >= 0.6 is 34.8 Å². The normalized spacial score (nSPS) is 23.1. The van der Waals surface area contributed by atoms with Crippen molar-refractivity contribution in [3.05, 3.63) is 27.2 Å². The van der Waals surface area contributed by atoms with Crippen LogP contribution < -0.4 is 10.6 Å². The maximum atomic E-state index is 12.1. The molecule has 2 unspecified atom stereocenters. The molecule has 2 rings (SSSR count). The van der Waals surface area contributed by atoms with E-state index in [1.807, 2.05) is 6.92 Å². The lowest BCUT2D eigenvalue weighted by Gasteiger charge is -2.16. The topological polar surface area (TPSA) is 41.1 Å². The second kappa shape index (κ2) is 5.66. The molecule has 6 heteroatoms. The lowest BCUT2D eigenvalue weighted by molar-refractivity contribution is -0.120. The summed E-state index contributed by atoms with van der Waals surface area (Å²) in [6, 6.07) is 3.11. The number of rotatable bonds is 2. The van der Waals surface area contributed by atoms with Crippen LogP contribution in [0.4, 0.5) is 5.69 Å². The fourth-order valence-corrected chi connectivity index (χ4v) is 2.95. The lowest BCUT2D eigenvalue weighted by Crippen LogP contribution is -2.28. The average molecular weight is 308 g/mol. The zero-order chi connectivity index (χ0) is 13.3. The van der Waals surface area contributed by atoms with Crippen molar-refractivity contribution >= 4 is 46.4 Å². The minimum absolute atomic E-state index is 0.0622. The van der Waals surface area contributed by atoms with Crippen LogP contribution in [0.3, 0.4) is 0 Å². The molecule has 0 radical (unpaired) electrons. The Kier molecular flexibility index (Phi) is 4.38. The van der Waals surface area contributed by atoms with E-state index >= 15 is 0 Å². The molecule has 1 saturated heterocycles. The first kappa shape index (κ1) is 13.9. The number of benzene rings is 1. The molecule has 1 fully saturated rings. The number of amides is 1. The molecule has 0 saturated carbocycles. The van der Waals surface area contributed by atoms with Crippen LogP contribution in [0.5, 0.6) is 0 Å². The highest BCUT2D eigenvalue weighted by Crippen LogP contribution is 2.34. The molecule has 1 heterocycles. The van der Waals surface area contributed by atoms with E-state index in [-0.39, 0.29) is 11.8 Å². The highest BCUT2D eigenvalue weighted by molar-refractivity contribution is 6.42. The number of hydrogen-bond acceptors (Lipinski definition) is 2. The van der Waals surface area contributed by atoms with Crippen LogP contribution in [-0.4, -0.2) is 19.0 Å². The molecule has 2 N–H and O–H groups in total. The van der Waals surface area contributed by atoms with Crippen LogP contribution in [0.1, 0.15) is 6.92 Å². The molecular formula is C12H13Cl3N2O. The summed E-state index contributed by atoms with van der Waals surface area (Å²) in [4.78, 5) is 12.1. The van der Waals surface area contributed by atoms with Gasteiger partial charge in [0.05, 0.1) is 21.7 Å². The number of nitrogens with one attached hydrogen (secondary N) is 2. The summed E-state index contributed by atoms with van der Waals surface area (Å²) >= 11 is 17.9. The van der Waals surface area contributed by atoms with Gasteiger partial charge in [-0.1, -0.05) is 41.7 Å². The fraction of sp³-hybridized carbons (Fsp3) is 0.417. The van der Waals surface area contributed by atoms with Crippen molar-refractivity contribution in [2.45, 2.75) is 6.92 Å². The summed E-state index contributed by atoms with van der Waals surface area (Å²) in [5.74, 6) is 0.168. The first-order valence-electron chi connectivity index (χ1n) is 5.65. The maximum Gasteiger partial charge on any atom is 0.229 e. The molecule has 18 heavy (non-hydrogen) atoms. The molecule has 1 amide bonds. The third kappa shape index (κ3) is 2.91. The molecule has 3 nitrogen and oxygen atoms in total.